The van der Waals surface area contributed by atoms with Crippen molar-refractivity contribution < 1.29 is 27.5 Å². The Morgan fingerprint density at radius 1 is 1.12 bits per heavy atom. The predicted molar refractivity (Wildman–Crippen MR) is 91.6 cm³/mol. The highest BCUT2D eigenvalue weighted by molar-refractivity contribution is 7.89. The van der Waals surface area contributed by atoms with Crippen molar-refractivity contribution in [2.75, 3.05) is 32.7 Å². The van der Waals surface area contributed by atoms with Crippen LogP contribution in [0.1, 0.15) is 13.8 Å². The monoisotopic (exact) mass is 371 g/mol. The van der Waals surface area contributed by atoms with Gasteiger partial charge in [-0.1, -0.05) is 19.9 Å². The molecule has 0 aliphatic heterocycles. The summed E-state index contributed by atoms with van der Waals surface area (Å²) in [5.41, 5.74) is 2.15. The van der Waals surface area contributed by atoms with Crippen LogP contribution in [0.2, 0.25) is 0 Å². The zero-order valence-electron chi connectivity index (χ0n) is 14.5. The summed E-state index contributed by atoms with van der Waals surface area (Å²) in [6, 6.07) is 5.86. The van der Waals surface area contributed by atoms with Crippen molar-refractivity contribution >= 4 is 33.4 Å². The molecule has 1 aromatic carbocycles. The van der Waals surface area contributed by atoms with Crippen molar-refractivity contribution in [1.82, 2.24) is 4.31 Å². The van der Waals surface area contributed by atoms with Crippen molar-refractivity contribution in [1.29, 1.82) is 0 Å². The minimum absolute atomic E-state index is 0.0640. The van der Waals surface area contributed by atoms with Crippen LogP contribution in [-0.2, 0) is 29.1 Å². The van der Waals surface area contributed by atoms with Crippen LogP contribution in [0.3, 0.4) is 0 Å². The molecule has 0 amide bonds. The third-order valence-electron chi connectivity index (χ3n) is 3.23. The second-order valence-electron chi connectivity index (χ2n) is 4.67. The lowest BCUT2D eigenvalue weighted by Crippen LogP contribution is -2.30. The van der Waals surface area contributed by atoms with Crippen molar-refractivity contribution in [3.63, 3.8) is 0 Å². The number of anilines is 1. The Morgan fingerprint density at radius 2 is 1.68 bits per heavy atom. The first-order valence-electron chi connectivity index (χ1n) is 7.42. The Morgan fingerprint density at radius 3 is 2.16 bits per heavy atom. The standard InChI is InChI=1S/C15H21N3O6S/c1-5-18(6-2)25(21,22)12-9-7-8-11(10-12)16-17-13(14(19)23-3)15(20)24-4/h7-10,16H,5-6H2,1-4H3. The molecule has 0 aromatic heterocycles. The fraction of sp³-hybridized carbons (Fsp3) is 0.400. The molecule has 0 unspecified atom stereocenters. The molecular weight excluding hydrogens is 350 g/mol. The summed E-state index contributed by atoms with van der Waals surface area (Å²) in [5.74, 6) is -1.96. The second kappa shape index (κ2) is 9.14. The van der Waals surface area contributed by atoms with Gasteiger partial charge in [0.1, 0.15) is 0 Å². The van der Waals surface area contributed by atoms with Crippen LogP contribution in [0.4, 0.5) is 5.69 Å². The highest BCUT2D eigenvalue weighted by Crippen LogP contribution is 2.19. The average molecular weight is 371 g/mol. The van der Waals surface area contributed by atoms with E-state index in [1.54, 1.807) is 13.8 Å². The molecule has 0 radical (unpaired) electrons. The summed E-state index contributed by atoms with van der Waals surface area (Å²) < 4.78 is 35.2. The van der Waals surface area contributed by atoms with E-state index in [0.717, 1.165) is 14.2 Å². The van der Waals surface area contributed by atoms with Gasteiger partial charge in [0.2, 0.25) is 10.0 Å². The number of hydrogen-bond acceptors (Lipinski definition) is 8. The summed E-state index contributed by atoms with van der Waals surface area (Å²) in [6.07, 6.45) is 0. The van der Waals surface area contributed by atoms with E-state index < -0.39 is 27.7 Å². The Hall–Kier alpha value is -2.46. The summed E-state index contributed by atoms with van der Waals surface area (Å²) in [6.45, 7) is 4.16. The molecule has 0 aliphatic rings. The minimum Gasteiger partial charge on any atom is -0.464 e. The maximum Gasteiger partial charge on any atom is 0.366 e. The molecule has 1 aromatic rings. The molecule has 138 valence electrons. The lowest BCUT2D eigenvalue weighted by atomic mass is 10.3. The molecule has 0 bridgehead atoms. The number of hydrogen-bond donors (Lipinski definition) is 1. The SMILES string of the molecule is CCN(CC)S(=O)(=O)c1cccc(NN=C(C(=O)OC)C(=O)OC)c1. The van der Waals surface area contributed by atoms with Gasteiger partial charge < -0.3 is 9.47 Å². The molecule has 1 rings (SSSR count). The number of rotatable bonds is 8. The van der Waals surface area contributed by atoms with Gasteiger partial charge in [-0.25, -0.2) is 18.0 Å². The first-order chi connectivity index (χ1) is 11.8. The van der Waals surface area contributed by atoms with E-state index in [2.05, 4.69) is 20.0 Å². The van der Waals surface area contributed by atoms with Gasteiger partial charge in [-0.3, -0.25) is 5.43 Å². The predicted octanol–water partition coefficient (Wildman–Crippen LogP) is 0.831. The molecule has 25 heavy (non-hydrogen) atoms. The molecule has 0 heterocycles. The summed E-state index contributed by atoms with van der Waals surface area (Å²) in [7, 11) is -1.45. The molecule has 0 atom stereocenters. The van der Waals surface area contributed by atoms with Crippen LogP contribution < -0.4 is 5.43 Å². The Balaban J connectivity index is 3.15. The van der Waals surface area contributed by atoms with Crippen LogP contribution in [-0.4, -0.2) is 57.7 Å². The third-order valence-corrected chi connectivity index (χ3v) is 5.28. The van der Waals surface area contributed by atoms with Gasteiger partial charge >= 0.3 is 11.9 Å². The van der Waals surface area contributed by atoms with Crippen LogP contribution in [0.25, 0.3) is 0 Å². The second-order valence-corrected chi connectivity index (χ2v) is 6.61. The Bertz CT molecular complexity index is 738. The third kappa shape index (κ3) is 5.00. The number of sulfonamides is 1. The van der Waals surface area contributed by atoms with E-state index >= 15 is 0 Å². The van der Waals surface area contributed by atoms with Crippen LogP contribution >= 0.6 is 0 Å². The largest absolute Gasteiger partial charge is 0.464 e. The van der Waals surface area contributed by atoms with Crippen LogP contribution in [0.5, 0.6) is 0 Å². The molecule has 0 saturated carbocycles. The molecule has 0 saturated heterocycles. The van der Waals surface area contributed by atoms with Gasteiger partial charge in [-0.2, -0.15) is 9.41 Å². The molecular formula is C15H21N3O6S. The van der Waals surface area contributed by atoms with Gasteiger partial charge in [0.15, 0.2) is 0 Å². The van der Waals surface area contributed by atoms with Gasteiger partial charge in [0.05, 0.1) is 24.8 Å². The quantitative estimate of drug-likeness (QED) is 0.311. The van der Waals surface area contributed by atoms with Crippen molar-refractivity contribution in [2.24, 2.45) is 5.10 Å². The van der Waals surface area contributed by atoms with E-state index in [1.165, 1.54) is 28.6 Å². The first-order valence-corrected chi connectivity index (χ1v) is 8.86. The van der Waals surface area contributed by atoms with Gasteiger partial charge in [-0.05, 0) is 18.2 Å². The molecule has 0 spiro atoms. The number of nitrogens with one attached hydrogen (secondary N) is 1. The number of carbonyl (C=O) groups is 2. The summed E-state index contributed by atoms with van der Waals surface area (Å²) >= 11 is 0. The molecule has 0 fully saturated rings. The number of benzene rings is 1. The normalized spacial score (nSPS) is 10.9. The topological polar surface area (TPSA) is 114 Å². The van der Waals surface area contributed by atoms with Gasteiger partial charge in [-0.15, -0.1) is 0 Å². The Labute approximate surface area is 146 Å². The maximum absolute atomic E-state index is 12.5. The smallest absolute Gasteiger partial charge is 0.366 e. The zero-order chi connectivity index (χ0) is 19.0. The minimum atomic E-state index is -3.64. The first kappa shape index (κ1) is 20.6. The van der Waals surface area contributed by atoms with E-state index in [9.17, 15) is 18.0 Å². The molecule has 9 nitrogen and oxygen atoms in total. The maximum atomic E-state index is 12.5. The molecule has 0 aliphatic carbocycles. The van der Waals surface area contributed by atoms with Gasteiger partial charge in [0, 0.05) is 13.1 Å². The van der Waals surface area contributed by atoms with E-state index in [0.29, 0.717) is 13.1 Å². The van der Waals surface area contributed by atoms with Crippen molar-refractivity contribution in [3.05, 3.63) is 24.3 Å². The van der Waals surface area contributed by atoms with E-state index in [1.807, 2.05) is 0 Å². The molecule has 1 N–H and O–H groups in total. The number of carbonyl (C=O) groups excluding carboxylic acids is 2. The number of methoxy groups -OCH3 is 2. The van der Waals surface area contributed by atoms with Gasteiger partial charge in [0.25, 0.3) is 5.71 Å². The number of nitrogens with zero attached hydrogens (tertiary/aromatic N) is 2. The Kier molecular flexibility index (Phi) is 7.52. The lowest BCUT2D eigenvalue weighted by Gasteiger charge is -2.18. The number of hydrazone groups is 1. The molecule has 10 heteroatoms. The summed E-state index contributed by atoms with van der Waals surface area (Å²) in [5, 5.41) is 3.65. The lowest BCUT2D eigenvalue weighted by molar-refractivity contribution is -0.138. The number of esters is 2. The highest BCUT2D eigenvalue weighted by atomic mass is 32.2. The highest BCUT2D eigenvalue weighted by Gasteiger charge is 2.23. The van der Waals surface area contributed by atoms with Crippen LogP contribution in [0, 0.1) is 0 Å². The fourth-order valence-corrected chi connectivity index (χ4v) is 3.43. The van der Waals surface area contributed by atoms with Crippen LogP contribution in [0.15, 0.2) is 34.3 Å². The van der Waals surface area contributed by atoms with E-state index in [-0.39, 0.29) is 10.6 Å². The summed E-state index contributed by atoms with van der Waals surface area (Å²) in [4.78, 5) is 23.1. The zero-order valence-corrected chi connectivity index (χ0v) is 15.3. The van der Waals surface area contributed by atoms with Crippen molar-refractivity contribution in [3.8, 4) is 0 Å². The van der Waals surface area contributed by atoms with Crippen molar-refractivity contribution in [2.45, 2.75) is 18.7 Å². The fourth-order valence-electron chi connectivity index (χ4n) is 1.93. The van der Waals surface area contributed by atoms with E-state index in [4.69, 9.17) is 0 Å². The average Bonchev–Trinajstić information content (AvgIpc) is 2.62. The number of ether oxygens (including phenoxy) is 2.